The minimum Gasteiger partial charge on any atom is -0.507 e. The Hall–Kier alpha value is -5.12. The second-order valence-electron chi connectivity index (χ2n) is 15.8. The number of ether oxygens (including phenoxy) is 4. The van der Waals surface area contributed by atoms with Crippen LogP contribution in [-0.2, 0) is 23.8 Å². The van der Waals surface area contributed by atoms with Crippen LogP contribution < -0.4 is 15.0 Å². The van der Waals surface area contributed by atoms with E-state index < -0.39 is 77.3 Å². The number of methoxy groups -OCH3 is 1. The van der Waals surface area contributed by atoms with Crippen molar-refractivity contribution in [1.29, 1.82) is 0 Å². The number of nitrogens with one attached hydrogen (secondary N) is 2. The quantitative estimate of drug-likeness (QED) is 0.143. The van der Waals surface area contributed by atoms with Gasteiger partial charge < -0.3 is 54.6 Å². The topological polar surface area (TPSA) is 213 Å². The molecule has 9 atom stereocenters. The number of Topliss-reactive ketones (excluding diaryl/α,β-unsaturated/α-hetero) is 1. The highest BCUT2D eigenvalue weighted by Crippen LogP contribution is 2.54. The zero-order valence-electron chi connectivity index (χ0n) is 33.9. The Kier molecular flexibility index (Phi) is 11.7. The molecule has 15 nitrogen and oxygen atoms in total. The van der Waals surface area contributed by atoms with Gasteiger partial charge in [-0.3, -0.25) is 14.4 Å². The third kappa shape index (κ3) is 7.43. The second-order valence-corrected chi connectivity index (χ2v) is 15.8. The van der Waals surface area contributed by atoms with E-state index in [9.17, 15) is 34.8 Å². The van der Waals surface area contributed by atoms with Crippen LogP contribution in [0.3, 0.4) is 0 Å². The highest BCUT2D eigenvalue weighted by molar-refractivity contribution is 6.28. The van der Waals surface area contributed by atoms with Gasteiger partial charge >= 0.3 is 11.8 Å². The summed E-state index contributed by atoms with van der Waals surface area (Å²) in [6.45, 7) is 14.3. The molecule has 3 aliphatic rings. The summed E-state index contributed by atoms with van der Waals surface area (Å²) < 4.78 is 23.8. The molecular weight excluding hydrogens is 736 g/mol. The number of esters is 1. The molecule has 1 fully saturated rings. The van der Waals surface area contributed by atoms with Crippen LogP contribution >= 0.6 is 0 Å². The fraction of sp³-hybridized carbons (Fsp3) is 0.524. The molecule has 1 saturated heterocycles. The van der Waals surface area contributed by atoms with Crippen LogP contribution in [0.4, 0.5) is 11.6 Å². The van der Waals surface area contributed by atoms with Gasteiger partial charge in [0.05, 0.1) is 41.0 Å². The first-order valence-corrected chi connectivity index (χ1v) is 19.4. The lowest BCUT2D eigenvalue weighted by Gasteiger charge is -2.38. The number of benzene rings is 2. The number of imidazole rings is 1. The molecule has 308 valence electrons. The van der Waals surface area contributed by atoms with Gasteiger partial charge in [-0.05, 0) is 32.8 Å². The van der Waals surface area contributed by atoms with Gasteiger partial charge in [-0.25, -0.2) is 4.98 Å². The number of aromatic nitrogens is 2. The van der Waals surface area contributed by atoms with Crippen molar-refractivity contribution in [3.63, 3.8) is 0 Å². The van der Waals surface area contributed by atoms with Crippen molar-refractivity contribution >= 4 is 51.1 Å². The third-order valence-corrected chi connectivity index (χ3v) is 11.9. The average molecular weight is 791 g/mol. The minimum atomic E-state index is -1.95. The lowest BCUT2D eigenvalue weighted by atomic mass is 9.78. The van der Waals surface area contributed by atoms with Crippen LogP contribution in [0.1, 0.15) is 77.2 Å². The number of hydrogen-bond donors (Lipinski definition) is 6. The number of hydrogen-bond acceptors (Lipinski definition) is 13. The van der Waals surface area contributed by atoms with Gasteiger partial charge in [0.15, 0.2) is 5.75 Å². The van der Waals surface area contributed by atoms with E-state index in [1.165, 1.54) is 27.2 Å². The normalized spacial score (nSPS) is 32.2. The van der Waals surface area contributed by atoms with E-state index in [4.69, 9.17) is 23.9 Å². The zero-order valence-corrected chi connectivity index (χ0v) is 33.9. The molecule has 6 rings (SSSR count). The van der Waals surface area contributed by atoms with Gasteiger partial charge in [-0.15, -0.1) is 0 Å². The third-order valence-electron chi connectivity index (χ3n) is 11.9. The number of phenols is 2. The van der Waals surface area contributed by atoms with E-state index in [1.54, 1.807) is 65.8 Å². The number of phenolic OH excluding ortho intramolecular Hbond substituents is 2. The summed E-state index contributed by atoms with van der Waals surface area (Å²) >= 11 is 0. The first kappa shape index (κ1) is 41.5. The van der Waals surface area contributed by atoms with Crippen molar-refractivity contribution in [2.24, 2.45) is 23.7 Å². The highest BCUT2D eigenvalue weighted by atomic mass is 16.7. The van der Waals surface area contributed by atoms with Crippen LogP contribution in [0, 0.1) is 30.6 Å². The van der Waals surface area contributed by atoms with E-state index in [2.05, 4.69) is 10.3 Å². The second kappa shape index (κ2) is 16.0. The molecule has 1 amide bonds. The van der Waals surface area contributed by atoms with Gasteiger partial charge in [0, 0.05) is 74.2 Å². The van der Waals surface area contributed by atoms with Gasteiger partial charge in [0.2, 0.25) is 5.95 Å². The Bertz CT molecular complexity index is 2170. The lowest BCUT2D eigenvalue weighted by Crippen LogP contribution is -2.46. The number of fused-ring (bicyclic) bond motifs is 1. The summed E-state index contributed by atoms with van der Waals surface area (Å²) in [5.41, 5.74) is 0.852. The number of aliphatic hydroxyl groups excluding tert-OH is 2. The first-order valence-electron chi connectivity index (χ1n) is 19.4. The molecular formula is C42H54N4O11. The van der Waals surface area contributed by atoms with Gasteiger partial charge in [0.25, 0.3) is 11.7 Å². The number of carbonyl (C=O) groups is 3. The van der Waals surface area contributed by atoms with Gasteiger partial charge in [0.1, 0.15) is 28.8 Å². The molecule has 2 aromatic carbocycles. The van der Waals surface area contributed by atoms with Crippen LogP contribution in [0.15, 0.2) is 36.1 Å². The number of ketones is 1. The summed E-state index contributed by atoms with van der Waals surface area (Å²) in [5, 5.41) is 49.3. The fourth-order valence-electron chi connectivity index (χ4n) is 8.28. The van der Waals surface area contributed by atoms with E-state index >= 15 is 0 Å². The largest absolute Gasteiger partial charge is 0.507 e. The summed E-state index contributed by atoms with van der Waals surface area (Å²) in [4.78, 5) is 50.8. The number of aromatic hydroxyl groups is 2. The lowest BCUT2D eigenvalue weighted by molar-refractivity contribution is -0.160. The molecule has 3 aliphatic heterocycles. The number of H-pyrrole nitrogens is 1. The van der Waals surface area contributed by atoms with Gasteiger partial charge in [-0.1, -0.05) is 45.9 Å². The Morgan fingerprint density at radius 2 is 1.67 bits per heavy atom. The maximum absolute atomic E-state index is 14.5. The maximum atomic E-state index is 14.5. The van der Waals surface area contributed by atoms with Crippen LogP contribution in [0.2, 0.25) is 0 Å². The Labute approximate surface area is 331 Å². The number of amides is 1. The molecule has 1 aromatic heterocycles. The Balaban J connectivity index is 1.54. The van der Waals surface area contributed by atoms with Crippen LogP contribution in [0.25, 0.3) is 21.8 Å². The number of rotatable bonds is 3. The smallest absolute Gasteiger partial charge is 0.312 e. The summed E-state index contributed by atoms with van der Waals surface area (Å²) in [6.07, 6.45) is 5.82. The number of aliphatic hydroxyl groups is 2. The molecule has 0 saturated carbocycles. The van der Waals surface area contributed by atoms with Crippen molar-refractivity contribution in [2.75, 3.05) is 30.4 Å². The number of aromatic amines is 1. The molecule has 0 radical (unpaired) electrons. The maximum Gasteiger partial charge on any atom is 0.312 e. The van der Waals surface area contributed by atoms with Crippen molar-refractivity contribution in [3.8, 4) is 17.2 Å². The van der Waals surface area contributed by atoms with Crippen LogP contribution in [-0.4, -0.2) is 98.5 Å². The summed E-state index contributed by atoms with van der Waals surface area (Å²) in [5.74, 6) is -6.40. The average Bonchev–Trinajstić information content (AvgIpc) is 3.93. The molecule has 15 heteroatoms. The molecule has 0 aliphatic carbocycles. The molecule has 57 heavy (non-hydrogen) atoms. The highest BCUT2D eigenvalue weighted by Gasteiger charge is 2.50. The van der Waals surface area contributed by atoms with E-state index in [-0.39, 0.29) is 55.7 Å². The SMILES string of the molecule is CO[C@H]1/C=C/O[C@@]2(C)Oc3c(C)c(O)c4c(O)c(c5[nH]c(N6CCCC6)nc5c4c3C2=O)NC(=O)/C(C)=C\C=C\[C@@H](C)[C@H](O)[C@@H](C)[C@H](O)[C@@H](C)[C@@H](OC(C)=O)[C@@H]1C. The Morgan fingerprint density at radius 1 is 0.982 bits per heavy atom. The minimum absolute atomic E-state index is 0.0318. The van der Waals surface area contributed by atoms with E-state index in [1.807, 2.05) is 4.90 Å². The molecule has 4 heterocycles. The van der Waals surface area contributed by atoms with Crippen molar-refractivity contribution in [1.82, 2.24) is 9.97 Å². The van der Waals surface area contributed by atoms with Crippen LogP contribution in [0.5, 0.6) is 17.2 Å². The monoisotopic (exact) mass is 790 g/mol. The molecule has 3 aromatic rings. The van der Waals surface area contributed by atoms with E-state index in [0.29, 0.717) is 5.95 Å². The summed E-state index contributed by atoms with van der Waals surface area (Å²) in [6, 6.07) is 0. The van der Waals surface area contributed by atoms with Crippen molar-refractivity contribution < 1.29 is 53.8 Å². The number of carbonyl (C=O) groups excluding carboxylic acids is 3. The summed E-state index contributed by atoms with van der Waals surface area (Å²) in [7, 11) is 1.46. The predicted molar refractivity (Wildman–Crippen MR) is 213 cm³/mol. The Morgan fingerprint density at radius 3 is 2.32 bits per heavy atom. The molecule has 0 spiro atoms. The number of nitrogens with zero attached hydrogens (tertiary/aromatic N) is 2. The molecule has 0 unspecified atom stereocenters. The zero-order chi connectivity index (χ0) is 41.7. The standard InChI is InChI=1S/C42H54N4O11/c1-19-13-12-14-20(2)40(53)43-32-31-30(44-41(45-31)46-16-10-11-17-46)27-28(36(32)51)35(50)24(6)38-29(27)39(52)42(8,57-38)55-18-15-26(54-9)21(3)37(56-25(7)47)23(5)34(49)22(4)33(19)48/h12-15,18-19,21-23,26,33-34,37,48-51H,10-11,16-17H2,1-9H3,(H,43,53)(H,44,45)/b13-12+,18-15+,20-14-/t19-,21-,22-,23-,26+,33+,34+,37+,42+/m1/s1. The fourth-order valence-corrected chi connectivity index (χ4v) is 8.28. The van der Waals surface area contributed by atoms with Crippen molar-refractivity contribution in [3.05, 3.63) is 47.3 Å². The number of allylic oxidation sites excluding steroid dienone is 2. The predicted octanol–water partition coefficient (Wildman–Crippen LogP) is 5.53. The van der Waals surface area contributed by atoms with E-state index in [0.717, 1.165) is 25.9 Å². The van der Waals surface area contributed by atoms with Gasteiger partial charge in [-0.2, -0.15) is 0 Å². The van der Waals surface area contributed by atoms with Crippen molar-refractivity contribution in [2.45, 2.75) is 98.4 Å². The number of anilines is 2. The molecule has 6 N–H and O–H groups in total. The first-order chi connectivity index (χ1) is 26.9. The molecule has 4 bridgehead atoms.